The number of benzene rings is 2. The third-order valence-electron chi connectivity index (χ3n) is 2.78. The van der Waals surface area contributed by atoms with E-state index < -0.39 is 11.6 Å². The van der Waals surface area contributed by atoms with Crippen molar-refractivity contribution in [3.63, 3.8) is 0 Å². The molecule has 0 bridgehead atoms. The monoisotopic (exact) mass is 293 g/mol. The predicted molar refractivity (Wildman–Crippen MR) is 76.6 cm³/mol. The minimum atomic E-state index is -0.717. The van der Waals surface area contributed by atoms with Crippen LogP contribution in [0.25, 0.3) is 0 Å². The maximum absolute atomic E-state index is 13.3. The Morgan fingerprint density at radius 3 is 2.57 bits per heavy atom. The van der Waals surface area contributed by atoms with Crippen LogP contribution in [-0.4, -0.2) is 20.3 Å². The molecule has 1 N–H and O–H groups in total. The van der Waals surface area contributed by atoms with Crippen LogP contribution in [0.4, 0.5) is 8.78 Å². The largest absolute Gasteiger partial charge is 0.490 e. The molecule has 0 aliphatic rings. The highest BCUT2D eigenvalue weighted by Gasteiger charge is 2.04. The maximum Gasteiger partial charge on any atom is 0.167 e. The highest BCUT2D eigenvalue weighted by molar-refractivity contribution is 5.28. The summed E-state index contributed by atoms with van der Waals surface area (Å²) in [6.45, 7) is 1.22. The van der Waals surface area contributed by atoms with Crippen LogP contribution in [0.15, 0.2) is 42.5 Å². The smallest absolute Gasteiger partial charge is 0.167 e. The molecule has 0 amide bonds. The normalized spacial score (nSPS) is 10.4. The molecule has 0 aliphatic carbocycles. The summed E-state index contributed by atoms with van der Waals surface area (Å²) >= 11 is 0. The molecule has 0 aromatic heterocycles. The average molecular weight is 293 g/mol. The summed E-state index contributed by atoms with van der Waals surface area (Å²) in [6.07, 6.45) is 0. The fourth-order valence-electron chi connectivity index (χ4n) is 1.85. The van der Waals surface area contributed by atoms with Gasteiger partial charge >= 0.3 is 0 Å². The van der Waals surface area contributed by atoms with Gasteiger partial charge in [0, 0.05) is 12.6 Å². The molecule has 3 nitrogen and oxygen atoms in total. The van der Waals surface area contributed by atoms with Crippen molar-refractivity contribution < 1.29 is 18.3 Å². The van der Waals surface area contributed by atoms with E-state index >= 15 is 0 Å². The van der Waals surface area contributed by atoms with Gasteiger partial charge in [-0.3, -0.25) is 0 Å². The predicted octanol–water partition coefficient (Wildman–Crippen LogP) is 3.14. The molecule has 112 valence electrons. The lowest BCUT2D eigenvalue weighted by Crippen LogP contribution is -2.10. The molecular formula is C16H17F2NO2. The SMILES string of the molecule is CNCc1cccc(OCCOc2ccc(F)cc2F)c1. The number of halogens is 2. The first-order chi connectivity index (χ1) is 10.2. The maximum atomic E-state index is 13.3. The molecule has 0 aliphatic heterocycles. The molecule has 5 heteroatoms. The minimum absolute atomic E-state index is 0.0175. The van der Waals surface area contributed by atoms with Crippen LogP contribution in [0.3, 0.4) is 0 Å². The summed E-state index contributed by atoms with van der Waals surface area (Å²) in [4.78, 5) is 0. The zero-order valence-corrected chi connectivity index (χ0v) is 11.7. The van der Waals surface area contributed by atoms with Gasteiger partial charge in [-0.1, -0.05) is 12.1 Å². The van der Waals surface area contributed by atoms with Gasteiger partial charge in [0.15, 0.2) is 11.6 Å². The molecule has 21 heavy (non-hydrogen) atoms. The van der Waals surface area contributed by atoms with Gasteiger partial charge in [-0.15, -0.1) is 0 Å². The number of rotatable bonds is 7. The Labute approximate surface area is 122 Å². The van der Waals surface area contributed by atoms with Gasteiger partial charge in [0.1, 0.15) is 24.8 Å². The summed E-state index contributed by atoms with van der Waals surface area (Å²) in [5.74, 6) is -0.599. The Balaban J connectivity index is 1.80. The molecule has 2 rings (SSSR count). The average Bonchev–Trinajstić information content (AvgIpc) is 2.46. The topological polar surface area (TPSA) is 30.5 Å². The van der Waals surface area contributed by atoms with Gasteiger partial charge in [0.05, 0.1) is 0 Å². The summed E-state index contributed by atoms with van der Waals surface area (Å²) in [6, 6.07) is 10.9. The van der Waals surface area contributed by atoms with Crippen molar-refractivity contribution in [3.05, 3.63) is 59.7 Å². The van der Waals surface area contributed by atoms with Crippen molar-refractivity contribution >= 4 is 0 Å². The first-order valence-electron chi connectivity index (χ1n) is 6.63. The summed E-state index contributed by atoms with van der Waals surface area (Å²) in [5, 5.41) is 3.06. The zero-order valence-electron chi connectivity index (χ0n) is 11.7. The van der Waals surface area contributed by atoms with E-state index in [2.05, 4.69) is 5.32 Å². The van der Waals surface area contributed by atoms with E-state index in [4.69, 9.17) is 9.47 Å². The Bertz CT molecular complexity index is 590. The van der Waals surface area contributed by atoms with Crippen LogP contribution in [-0.2, 0) is 6.54 Å². The molecular weight excluding hydrogens is 276 g/mol. The highest BCUT2D eigenvalue weighted by Crippen LogP contribution is 2.18. The van der Waals surface area contributed by atoms with E-state index in [1.165, 1.54) is 6.07 Å². The third-order valence-corrected chi connectivity index (χ3v) is 2.78. The van der Waals surface area contributed by atoms with Gasteiger partial charge < -0.3 is 14.8 Å². The second-order valence-corrected chi connectivity index (χ2v) is 4.45. The van der Waals surface area contributed by atoms with E-state index in [0.717, 1.165) is 30.0 Å². The van der Waals surface area contributed by atoms with E-state index in [9.17, 15) is 8.78 Å². The molecule has 0 unspecified atom stereocenters. The first-order valence-corrected chi connectivity index (χ1v) is 6.63. The fourth-order valence-corrected chi connectivity index (χ4v) is 1.85. The van der Waals surface area contributed by atoms with Gasteiger partial charge in [-0.05, 0) is 36.9 Å². The van der Waals surface area contributed by atoms with E-state index in [1.807, 2.05) is 31.3 Å². The van der Waals surface area contributed by atoms with Crippen LogP contribution in [0.1, 0.15) is 5.56 Å². The number of hydrogen-bond donors (Lipinski definition) is 1. The number of ether oxygens (including phenoxy) is 2. The molecule has 0 radical (unpaired) electrons. The van der Waals surface area contributed by atoms with Crippen LogP contribution < -0.4 is 14.8 Å². The van der Waals surface area contributed by atoms with Gasteiger partial charge in [-0.25, -0.2) is 8.78 Å². The molecule has 0 heterocycles. The number of nitrogens with one attached hydrogen (secondary N) is 1. The van der Waals surface area contributed by atoms with Crippen molar-refractivity contribution in [2.75, 3.05) is 20.3 Å². The standard InChI is InChI=1S/C16H17F2NO2/c1-19-11-12-3-2-4-14(9-12)20-7-8-21-16-6-5-13(17)10-15(16)18/h2-6,9-10,19H,7-8,11H2,1H3. The van der Waals surface area contributed by atoms with Crippen molar-refractivity contribution in [3.8, 4) is 11.5 Å². The third kappa shape index (κ3) is 4.72. The molecule has 0 saturated heterocycles. The van der Waals surface area contributed by atoms with Crippen molar-refractivity contribution in [1.29, 1.82) is 0 Å². The van der Waals surface area contributed by atoms with Gasteiger partial charge in [0.25, 0.3) is 0 Å². The minimum Gasteiger partial charge on any atom is -0.490 e. The zero-order chi connectivity index (χ0) is 15.1. The van der Waals surface area contributed by atoms with Crippen LogP contribution >= 0.6 is 0 Å². The molecule has 0 fully saturated rings. The Kier molecular flexibility index (Phi) is 5.51. The van der Waals surface area contributed by atoms with Crippen molar-refractivity contribution in [1.82, 2.24) is 5.32 Å². The lowest BCUT2D eigenvalue weighted by Gasteiger charge is -2.10. The van der Waals surface area contributed by atoms with E-state index in [1.54, 1.807) is 0 Å². The van der Waals surface area contributed by atoms with E-state index in [-0.39, 0.29) is 19.0 Å². The second kappa shape index (κ2) is 7.59. The highest BCUT2D eigenvalue weighted by atomic mass is 19.1. The van der Waals surface area contributed by atoms with Gasteiger partial charge in [0.2, 0.25) is 0 Å². The summed E-state index contributed by atoms with van der Waals surface area (Å²) in [7, 11) is 1.87. The fraction of sp³-hybridized carbons (Fsp3) is 0.250. The molecule has 0 saturated carbocycles. The van der Waals surface area contributed by atoms with Crippen LogP contribution in [0, 0.1) is 11.6 Å². The van der Waals surface area contributed by atoms with Crippen molar-refractivity contribution in [2.45, 2.75) is 6.54 Å². The molecule has 0 spiro atoms. The number of hydrogen-bond acceptors (Lipinski definition) is 3. The molecule has 2 aromatic rings. The molecule has 2 aromatic carbocycles. The summed E-state index contributed by atoms with van der Waals surface area (Å²) < 4.78 is 36.8. The van der Waals surface area contributed by atoms with Crippen LogP contribution in [0.2, 0.25) is 0 Å². The first kappa shape index (κ1) is 15.3. The van der Waals surface area contributed by atoms with Gasteiger partial charge in [-0.2, -0.15) is 0 Å². The summed E-state index contributed by atoms with van der Waals surface area (Å²) in [5.41, 5.74) is 1.11. The Hall–Kier alpha value is -2.14. The lowest BCUT2D eigenvalue weighted by molar-refractivity contribution is 0.211. The van der Waals surface area contributed by atoms with E-state index in [0.29, 0.717) is 0 Å². The Morgan fingerprint density at radius 2 is 1.81 bits per heavy atom. The quantitative estimate of drug-likeness (QED) is 0.796. The lowest BCUT2D eigenvalue weighted by atomic mass is 10.2. The van der Waals surface area contributed by atoms with Crippen LogP contribution in [0.5, 0.6) is 11.5 Å². The van der Waals surface area contributed by atoms with Crippen molar-refractivity contribution in [2.24, 2.45) is 0 Å². The Morgan fingerprint density at radius 1 is 1.00 bits per heavy atom. The second-order valence-electron chi connectivity index (χ2n) is 4.45. The molecule has 0 atom stereocenters.